The Bertz CT molecular complexity index is 2200. The molecule has 1 aliphatic rings. The van der Waals surface area contributed by atoms with Crippen LogP contribution in [0.3, 0.4) is 0 Å². The number of nitrogens with one attached hydrogen (secondary N) is 1. The van der Waals surface area contributed by atoms with Crippen molar-refractivity contribution in [3.8, 4) is 11.5 Å². The molecule has 16 heteroatoms. The molecule has 1 unspecified atom stereocenters. The Morgan fingerprint density at radius 2 is 1.35 bits per heavy atom. The summed E-state index contributed by atoms with van der Waals surface area (Å²) < 4.78 is 50.7. The molecular formula is C49H70N3O10PSSi. The van der Waals surface area contributed by atoms with Crippen LogP contribution in [0.1, 0.15) is 92.2 Å². The van der Waals surface area contributed by atoms with E-state index in [-0.39, 0.29) is 35.5 Å². The van der Waals surface area contributed by atoms with Crippen molar-refractivity contribution < 1.29 is 37.2 Å². The first-order valence-corrected chi connectivity index (χ1v) is 27.2. The van der Waals surface area contributed by atoms with Gasteiger partial charge in [0.2, 0.25) is 0 Å². The lowest BCUT2D eigenvalue weighted by Gasteiger charge is -2.42. The van der Waals surface area contributed by atoms with Gasteiger partial charge in [-0.1, -0.05) is 108 Å². The van der Waals surface area contributed by atoms with Gasteiger partial charge in [0.05, 0.1) is 27.4 Å². The molecule has 3 aromatic carbocycles. The van der Waals surface area contributed by atoms with Gasteiger partial charge in [-0.2, -0.15) is 0 Å². The highest BCUT2D eigenvalue weighted by Gasteiger charge is 2.54. The molecule has 0 aliphatic carbocycles. The fourth-order valence-corrected chi connectivity index (χ4v) is 11.4. The van der Waals surface area contributed by atoms with Gasteiger partial charge in [-0.05, 0) is 86.8 Å². The summed E-state index contributed by atoms with van der Waals surface area (Å²) in [5.74, 6) is 1.80. The lowest BCUT2D eigenvalue weighted by Crippen LogP contribution is -2.50. The Morgan fingerprint density at radius 1 is 0.815 bits per heavy atom. The third kappa shape index (κ3) is 12.5. The third-order valence-corrected chi connectivity index (χ3v) is 19.7. The van der Waals surface area contributed by atoms with Gasteiger partial charge in [-0.15, -0.1) is 0 Å². The molecule has 0 amide bonds. The van der Waals surface area contributed by atoms with Crippen LogP contribution >= 0.6 is 20.3 Å². The minimum absolute atomic E-state index is 0.00441. The fraction of sp³-hybridized carbons (Fsp3) is 0.531. The highest BCUT2D eigenvalue weighted by atomic mass is 32.2. The lowest BCUT2D eigenvalue weighted by atomic mass is 9.80. The van der Waals surface area contributed by atoms with Gasteiger partial charge in [0.25, 0.3) is 14.1 Å². The summed E-state index contributed by atoms with van der Waals surface area (Å²) in [5, 5.41) is -0.178. The molecule has 356 valence electrons. The molecule has 13 nitrogen and oxygen atoms in total. The molecule has 5 atom stereocenters. The van der Waals surface area contributed by atoms with Crippen molar-refractivity contribution in [1.82, 2.24) is 14.2 Å². The van der Waals surface area contributed by atoms with E-state index in [0.29, 0.717) is 17.3 Å². The molecule has 1 aromatic heterocycles. The van der Waals surface area contributed by atoms with Gasteiger partial charge in [-0.3, -0.25) is 19.1 Å². The van der Waals surface area contributed by atoms with E-state index in [1.807, 2.05) is 99.6 Å². The molecule has 1 saturated heterocycles. The molecule has 0 radical (unpaired) electrons. The predicted molar refractivity (Wildman–Crippen MR) is 262 cm³/mol. The highest BCUT2D eigenvalue weighted by Crippen LogP contribution is 2.52. The molecular weight excluding hydrogens is 882 g/mol. The van der Waals surface area contributed by atoms with Gasteiger partial charge < -0.3 is 32.4 Å². The minimum atomic E-state index is -2.66. The Morgan fingerprint density at radius 3 is 1.83 bits per heavy atom. The molecule has 0 spiro atoms. The number of thioether (sulfide) groups is 1. The van der Waals surface area contributed by atoms with Crippen molar-refractivity contribution >= 4 is 33.7 Å². The maximum absolute atomic E-state index is 13.8. The predicted octanol–water partition coefficient (Wildman–Crippen LogP) is 9.90. The van der Waals surface area contributed by atoms with E-state index in [2.05, 4.69) is 71.2 Å². The van der Waals surface area contributed by atoms with Crippen molar-refractivity contribution in [3.05, 3.63) is 129 Å². The Hall–Kier alpha value is -3.63. The number of aromatic amines is 1. The van der Waals surface area contributed by atoms with E-state index in [4.69, 9.17) is 32.4 Å². The molecule has 1 fully saturated rings. The first kappa shape index (κ1) is 52.3. The zero-order chi connectivity index (χ0) is 47.9. The fourth-order valence-electron chi connectivity index (χ4n) is 7.44. The Labute approximate surface area is 391 Å². The molecule has 0 saturated carbocycles. The molecule has 0 bridgehead atoms. The lowest BCUT2D eigenvalue weighted by molar-refractivity contribution is -0.117. The standard InChI is InChI=1S/C49H70N3O10PSSi/c1-33(2)52(34(3)4)63(59-30-31-64-45(54)47(5,6)7)61-42-40(60-44(51-29-28-41(53)50-46(51)55)43(42)62-65(13,14)48(8,9)10)32-58-49(35-18-16-15-17-19-35,36-20-24-38(56-11)25-21-36)37-22-26-39(57-12)27-23-37/h15-29,33-34,40,42-44H,30-32H2,1-14H3,(H,50,53,55)/t40-,42+,43+,44-,63?/m1/s1. The van der Waals surface area contributed by atoms with Crippen LogP contribution in [0, 0.1) is 5.41 Å². The number of carbonyl (C=O) groups is 1. The number of methoxy groups -OCH3 is 2. The number of ether oxygens (including phenoxy) is 4. The van der Waals surface area contributed by atoms with E-state index in [9.17, 15) is 14.4 Å². The third-order valence-electron chi connectivity index (χ3n) is 11.9. The van der Waals surface area contributed by atoms with Gasteiger partial charge in [-0.25, -0.2) is 9.46 Å². The van der Waals surface area contributed by atoms with Crippen molar-refractivity contribution in [3.63, 3.8) is 0 Å². The summed E-state index contributed by atoms with van der Waals surface area (Å²) in [5.41, 5.74) is -0.389. The van der Waals surface area contributed by atoms with E-state index in [0.717, 1.165) is 16.7 Å². The van der Waals surface area contributed by atoms with Crippen LogP contribution in [0.15, 0.2) is 101 Å². The van der Waals surface area contributed by atoms with Gasteiger partial charge in [0.15, 0.2) is 19.7 Å². The van der Waals surface area contributed by atoms with Crippen LogP contribution in [0.2, 0.25) is 18.1 Å². The number of hydrogen-bond acceptors (Lipinski definition) is 12. The van der Waals surface area contributed by atoms with E-state index < -0.39 is 63.6 Å². The van der Waals surface area contributed by atoms with Crippen LogP contribution in [-0.4, -0.2) is 91.2 Å². The maximum atomic E-state index is 13.8. The first-order valence-electron chi connectivity index (χ1n) is 22.2. The molecule has 2 heterocycles. The van der Waals surface area contributed by atoms with Crippen LogP contribution in [-0.2, 0) is 33.3 Å². The van der Waals surface area contributed by atoms with Crippen LogP contribution < -0.4 is 20.7 Å². The number of carbonyl (C=O) groups excluding carboxylic acids is 1. The van der Waals surface area contributed by atoms with E-state index >= 15 is 0 Å². The SMILES string of the molecule is COc1ccc(C(OC[C@H]2O[C@@H](n3ccc(=O)[nH]c3=O)[C@@H](O[Si](C)(C)C(C)(C)C)[C@H]2OP(OCCSC(=O)C(C)(C)C)N(C(C)C)C(C)C)(c2ccccc2)c2ccc(OC)cc2)cc1. The van der Waals surface area contributed by atoms with Crippen molar-refractivity contribution in [2.45, 2.75) is 130 Å². The quantitative estimate of drug-likeness (QED) is 0.0390. The minimum Gasteiger partial charge on any atom is -0.497 e. The van der Waals surface area contributed by atoms with Crippen molar-refractivity contribution in [2.75, 3.05) is 33.2 Å². The molecule has 4 aromatic rings. The summed E-state index contributed by atoms with van der Waals surface area (Å²) in [4.78, 5) is 41.6. The number of rotatable bonds is 20. The summed E-state index contributed by atoms with van der Waals surface area (Å²) in [6.07, 6.45) is -2.20. The average Bonchev–Trinajstić information content (AvgIpc) is 3.56. The van der Waals surface area contributed by atoms with Gasteiger partial charge in [0.1, 0.15) is 35.4 Å². The topological polar surface area (TPSA) is 140 Å². The normalized spacial score (nSPS) is 19.0. The second-order valence-electron chi connectivity index (χ2n) is 19.3. The zero-order valence-corrected chi connectivity index (χ0v) is 43.3. The molecule has 5 rings (SSSR count). The average molecular weight is 952 g/mol. The summed E-state index contributed by atoms with van der Waals surface area (Å²) in [6.45, 7) is 25.0. The summed E-state index contributed by atoms with van der Waals surface area (Å²) >= 11 is 1.24. The van der Waals surface area contributed by atoms with Crippen LogP contribution in [0.25, 0.3) is 0 Å². The Balaban J connectivity index is 1.70. The van der Waals surface area contributed by atoms with Crippen molar-refractivity contribution in [1.29, 1.82) is 0 Å². The number of aromatic nitrogens is 2. The number of nitrogens with zero attached hydrogens (tertiary/aromatic N) is 2. The second-order valence-corrected chi connectivity index (χ2v) is 26.6. The van der Waals surface area contributed by atoms with Crippen LogP contribution in [0.5, 0.6) is 11.5 Å². The van der Waals surface area contributed by atoms with Crippen LogP contribution in [0.4, 0.5) is 0 Å². The highest BCUT2D eigenvalue weighted by molar-refractivity contribution is 8.13. The summed E-state index contributed by atoms with van der Waals surface area (Å²) in [6, 6.07) is 26.9. The number of hydrogen-bond donors (Lipinski definition) is 1. The zero-order valence-electron chi connectivity index (χ0n) is 40.6. The second kappa shape index (κ2) is 22.0. The molecule has 65 heavy (non-hydrogen) atoms. The number of benzene rings is 3. The first-order chi connectivity index (χ1) is 30.5. The largest absolute Gasteiger partial charge is 0.497 e. The van der Waals surface area contributed by atoms with Gasteiger partial charge in [0, 0.05) is 35.5 Å². The maximum Gasteiger partial charge on any atom is 0.330 e. The van der Waals surface area contributed by atoms with E-state index in [1.54, 1.807) is 14.2 Å². The molecule has 1 aliphatic heterocycles. The number of H-pyrrole nitrogens is 1. The Kier molecular flexibility index (Phi) is 17.7. The van der Waals surface area contributed by atoms with E-state index in [1.165, 1.54) is 28.6 Å². The van der Waals surface area contributed by atoms with Gasteiger partial charge >= 0.3 is 5.69 Å². The van der Waals surface area contributed by atoms with Crippen molar-refractivity contribution in [2.24, 2.45) is 5.41 Å². The smallest absolute Gasteiger partial charge is 0.330 e. The monoisotopic (exact) mass is 951 g/mol. The molecule has 1 N–H and O–H groups in total. The summed E-state index contributed by atoms with van der Waals surface area (Å²) in [7, 11) is -1.24.